The fraction of sp³-hybridized carbons (Fsp3) is 0.875. The summed E-state index contributed by atoms with van der Waals surface area (Å²) in [5, 5.41) is 0.833. The van der Waals surface area contributed by atoms with Gasteiger partial charge in [-0.25, -0.2) is 0 Å². The van der Waals surface area contributed by atoms with Gasteiger partial charge in [0.2, 0.25) is 0 Å². The predicted octanol–water partition coefficient (Wildman–Crippen LogP) is 2.90. The Morgan fingerprint density at radius 3 is 3.00 bits per heavy atom. The van der Waals surface area contributed by atoms with Gasteiger partial charge < -0.3 is 4.79 Å². The minimum Gasteiger partial charge on any atom is -0.300 e. The molecule has 0 unspecified atom stereocenters. The highest BCUT2D eigenvalue weighted by Gasteiger charge is 2.15. The van der Waals surface area contributed by atoms with Gasteiger partial charge in [0, 0.05) is 17.4 Å². The molecule has 1 atom stereocenters. The van der Waals surface area contributed by atoms with Gasteiger partial charge >= 0.3 is 0 Å². The minimum atomic E-state index is 0.334. The second-order valence-electron chi connectivity index (χ2n) is 2.92. The largest absolute Gasteiger partial charge is 0.300 e. The van der Waals surface area contributed by atoms with Gasteiger partial charge in [0.05, 0.1) is 0 Å². The molecule has 0 N–H and O–H groups in total. The SMILES string of the molecule is CC(=O)CCC[C@@H]1CCSS1. The molecule has 0 radical (unpaired) electrons. The van der Waals surface area contributed by atoms with E-state index in [2.05, 4.69) is 0 Å². The summed E-state index contributed by atoms with van der Waals surface area (Å²) in [6.07, 6.45) is 4.44. The number of Topliss-reactive ketones (excluding diaryl/α,β-unsaturated/α-hetero) is 1. The summed E-state index contributed by atoms with van der Waals surface area (Å²) in [7, 11) is 3.97. The van der Waals surface area contributed by atoms with E-state index in [1.165, 1.54) is 18.6 Å². The van der Waals surface area contributed by atoms with Crippen LogP contribution in [0.4, 0.5) is 0 Å². The molecule has 1 nitrogen and oxygen atoms in total. The zero-order valence-corrected chi connectivity index (χ0v) is 8.47. The maximum Gasteiger partial charge on any atom is 0.129 e. The highest BCUT2D eigenvalue weighted by molar-refractivity contribution is 8.77. The van der Waals surface area contributed by atoms with Gasteiger partial charge in [0.25, 0.3) is 0 Å². The van der Waals surface area contributed by atoms with E-state index in [0.717, 1.165) is 18.1 Å². The van der Waals surface area contributed by atoms with Gasteiger partial charge in [-0.3, -0.25) is 0 Å². The van der Waals surface area contributed by atoms with Crippen molar-refractivity contribution < 1.29 is 4.79 Å². The second kappa shape index (κ2) is 5.09. The lowest BCUT2D eigenvalue weighted by molar-refractivity contribution is -0.117. The molecule has 3 heteroatoms. The van der Waals surface area contributed by atoms with E-state index >= 15 is 0 Å². The zero-order valence-electron chi connectivity index (χ0n) is 6.84. The molecule has 1 heterocycles. The van der Waals surface area contributed by atoms with Crippen LogP contribution in [0.1, 0.15) is 32.6 Å². The molecule has 0 aromatic heterocycles. The summed E-state index contributed by atoms with van der Waals surface area (Å²) >= 11 is 0. The molecule has 11 heavy (non-hydrogen) atoms. The molecule has 1 saturated heterocycles. The van der Waals surface area contributed by atoms with Crippen LogP contribution in [0.15, 0.2) is 0 Å². The van der Waals surface area contributed by atoms with Crippen LogP contribution in [0.3, 0.4) is 0 Å². The first-order valence-electron chi connectivity index (χ1n) is 4.07. The van der Waals surface area contributed by atoms with Crippen LogP contribution < -0.4 is 0 Å². The third-order valence-corrected chi connectivity index (χ3v) is 4.79. The average molecular weight is 190 g/mol. The number of ketones is 1. The normalized spacial score (nSPS) is 23.9. The van der Waals surface area contributed by atoms with Crippen LogP contribution in [0.25, 0.3) is 0 Å². The van der Waals surface area contributed by atoms with Crippen molar-refractivity contribution in [2.75, 3.05) is 5.75 Å². The van der Waals surface area contributed by atoms with Crippen LogP contribution in [0.2, 0.25) is 0 Å². The Balaban J connectivity index is 1.98. The highest BCUT2D eigenvalue weighted by Crippen LogP contribution is 2.39. The number of carbonyl (C=O) groups is 1. The summed E-state index contributed by atoms with van der Waals surface area (Å²) in [5.41, 5.74) is 0. The van der Waals surface area contributed by atoms with Crippen LogP contribution in [-0.4, -0.2) is 16.8 Å². The van der Waals surface area contributed by atoms with Crippen LogP contribution in [0, 0.1) is 0 Å². The van der Waals surface area contributed by atoms with Crippen molar-refractivity contribution in [3.63, 3.8) is 0 Å². The smallest absolute Gasteiger partial charge is 0.129 e. The lowest BCUT2D eigenvalue weighted by Crippen LogP contribution is -1.99. The monoisotopic (exact) mass is 190 g/mol. The van der Waals surface area contributed by atoms with Crippen molar-refractivity contribution in [3.8, 4) is 0 Å². The molecular weight excluding hydrogens is 176 g/mol. The molecule has 0 saturated carbocycles. The van der Waals surface area contributed by atoms with Crippen molar-refractivity contribution in [2.45, 2.75) is 37.9 Å². The van der Waals surface area contributed by atoms with Gasteiger partial charge in [-0.15, -0.1) is 0 Å². The number of carbonyl (C=O) groups excluding carboxylic acids is 1. The van der Waals surface area contributed by atoms with Crippen molar-refractivity contribution >= 4 is 27.4 Å². The Hall–Kier alpha value is 0.370. The molecule has 0 aromatic carbocycles. The Labute approximate surface area is 76.1 Å². The standard InChI is InChI=1S/C8H14OS2/c1-7(9)3-2-4-8-5-6-10-11-8/h8H,2-6H2,1H3/t8-/m1/s1. The van der Waals surface area contributed by atoms with E-state index in [4.69, 9.17) is 0 Å². The molecule has 1 aliphatic heterocycles. The fourth-order valence-corrected chi connectivity index (χ4v) is 4.17. The topological polar surface area (TPSA) is 17.1 Å². The molecule has 0 aromatic rings. The van der Waals surface area contributed by atoms with E-state index in [0.29, 0.717) is 5.78 Å². The van der Waals surface area contributed by atoms with Gasteiger partial charge in [0.1, 0.15) is 5.78 Å². The second-order valence-corrected chi connectivity index (χ2v) is 5.71. The lowest BCUT2D eigenvalue weighted by atomic mass is 10.1. The lowest BCUT2D eigenvalue weighted by Gasteiger charge is -2.04. The Morgan fingerprint density at radius 1 is 1.64 bits per heavy atom. The third kappa shape index (κ3) is 4.06. The van der Waals surface area contributed by atoms with Crippen molar-refractivity contribution in [3.05, 3.63) is 0 Å². The Bertz CT molecular complexity index is 130. The zero-order chi connectivity index (χ0) is 8.10. The van der Waals surface area contributed by atoms with E-state index in [9.17, 15) is 4.79 Å². The van der Waals surface area contributed by atoms with Crippen molar-refractivity contribution in [2.24, 2.45) is 0 Å². The minimum absolute atomic E-state index is 0.334. The number of hydrogen-bond donors (Lipinski definition) is 0. The van der Waals surface area contributed by atoms with Gasteiger partial charge in [-0.05, 0) is 26.2 Å². The third-order valence-electron chi connectivity index (χ3n) is 1.78. The quantitative estimate of drug-likeness (QED) is 0.635. The Kier molecular flexibility index (Phi) is 4.38. The van der Waals surface area contributed by atoms with Gasteiger partial charge in [-0.1, -0.05) is 21.6 Å². The van der Waals surface area contributed by atoms with E-state index in [1.54, 1.807) is 6.92 Å². The first-order chi connectivity index (χ1) is 5.29. The molecule has 64 valence electrons. The van der Waals surface area contributed by atoms with E-state index in [1.807, 2.05) is 21.6 Å². The molecule has 0 amide bonds. The summed E-state index contributed by atoms with van der Waals surface area (Å²) in [6, 6.07) is 0. The summed E-state index contributed by atoms with van der Waals surface area (Å²) in [6.45, 7) is 1.68. The molecule has 0 spiro atoms. The van der Waals surface area contributed by atoms with Gasteiger partial charge in [0.15, 0.2) is 0 Å². The summed E-state index contributed by atoms with van der Waals surface area (Å²) in [5.74, 6) is 1.63. The van der Waals surface area contributed by atoms with Crippen molar-refractivity contribution in [1.29, 1.82) is 0 Å². The first-order valence-corrected chi connectivity index (χ1v) is 6.45. The van der Waals surface area contributed by atoms with Crippen LogP contribution in [0.5, 0.6) is 0 Å². The molecule has 1 aliphatic rings. The maximum atomic E-state index is 10.6. The number of hydrogen-bond acceptors (Lipinski definition) is 3. The molecule has 0 bridgehead atoms. The highest BCUT2D eigenvalue weighted by atomic mass is 33.1. The molecular formula is C8H14OS2. The average Bonchev–Trinajstić information content (AvgIpc) is 2.39. The molecule has 1 rings (SSSR count). The molecule has 0 aliphatic carbocycles. The summed E-state index contributed by atoms with van der Waals surface area (Å²) in [4.78, 5) is 10.6. The maximum absolute atomic E-state index is 10.6. The Morgan fingerprint density at radius 2 is 2.45 bits per heavy atom. The molecule has 1 fully saturated rings. The van der Waals surface area contributed by atoms with Crippen molar-refractivity contribution in [1.82, 2.24) is 0 Å². The fourth-order valence-electron chi connectivity index (χ4n) is 1.14. The van der Waals surface area contributed by atoms with E-state index in [-0.39, 0.29) is 0 Å². The van der Waals surface area contributed by atoms with Crippen LogP contribution >= 0.6 is 21.6 Å². The predicted molar refractivity (Wildman–Crippen MR) is 53.0 cm³/mol. The first kappa shape index (κ1) is 9.46. The summed E-state index contributed by atoms with van der Waals surface area (Å²) < 4.78 is 0. The van der Waals surface area contributed by atoms with Gasteiger partial charge in [-0.2, -0.15) is 0 Å². The van der Waals surface area contributed by atoms with Crippen LogP contribution in [-0.2, 0) is 4.79 Å². The van der Waals surface area contributed by atoms with E-state index < -0.39 is 0 Å². The number of rotatable bonds is 4.